The average molecular weight is 399 g/mol. The zero-order valence-corrected chi connectivity index (χ0v) is 17.5. The minimum absolute atomic E-state index is 0.229. The quantitative estimate of drug-likeness (QED) is 0.812. The van der Waals surface area contributed by atoms with Crippen molar-refractivity contribution in [2.45, 2.75) is 58.1 Å². The molecule has 1 aliphatic heterocycles. The molecule has 1 saturated heterocycles. The summed E-state index contributed by atoms with van der Waals surface area (Å²) in [7, 11) is 0. The number of amides is 1. The van der Waals surface area contributed by atoms with Gasteiger partial charge in [-0.25, -0.2) is 14.8 Å². The fourth-order valence-corrected chi connectivity index (χ4v) is 3.41. The van der Waals surface area contributed by atoms with Crippen LogP contribution in [0.2, 0.25) is 0 Å². The van der Waals surface area contributed by atoms with Crippen molar-refractivity contribution in [1.82, 2.24) is 14.9 Å². The predicted octanol–water partition coefficient (Wildman–Crippen LogP) is 4.23. The third-order valence-electron chi connectivity index (χ3n) is 5.18. The molecular weight excluding hydrogens is 368 g/mol. The molecule has 4 rings (SSSR count). The second-order valence-corrected chi connectivity index (χ2v) is 9.01. The van der Waals surface area contributed by atoms with Gasteiger partial charge in [-0.3, -0.25) is 0 Å². The first-order valence-corrected chi connectivity index (χ1v) is 10.5. The van der Waals surface area contributed by atoms with E-state index in [1.54, 1.807) is 4.90 Å². The Bertz CT molecular complexity index is 868. The number of rotatable bonds is 5. The Kier molecular flexibility index (Phi) is 5.48. The third-order valence-corrected chi connectivity index (χ3v) is 5.18. The Morgan fingerprint density at radius 1 is 1.10 bits per heavy atom. The lowest BCUT2D eigenvalue weighted by Crippen LogP contribution is -2.42. The molecule has 0 atom stereocenters. The van der Waals surface area contributed by atoms with Crippen LogP contribution >= 0.6 is 0 Å². The van der Waals surface area contributed by atoms with Gasteiger partial charge in [-0.15, -0.1) is 0 Å². The standard InChI is InChI=1S/C22H30N4O3/c1-22(2,3)29-21(27)26-12-10-15(11-13-26)14-28-20-19(23-16-8-9-16)24-17-6-4-5-7-18(17)25-20/h4-7,15-16H,8-14H2,1-3H3,(H,23,24). The maximum atomic E-state index is 12.2. The van der Waals surface area contributed by atoms with Gasteiger partial charge in [0, 0.05) is 19.1 Å². The van der Waals surface area contributed by atoms with E-state index in [-0.39, 0.29) is 6.09 Å². The lowest BCUT2D eigenvalue weighted by molar-refractivity contribution is 0.0164. The number of carbonyl (C=O) groups excluding carboxylic acids is 1. The highest BCUT2D eigenvalue weighted by atomic mass is 16.6. The number of likely N-dealkylation sites (tertiary alicyclic amines) is 1. The number of carbonyl (C=O) groups is 1. The number of nitrogens with zero attached hydrogens (tertiary/aromatic N) is 3. The molecule has 7 heteroatoms. The number of fused-ring (bicyclic) bond motifs is 1. The molecule has 1 saturated carbocycles. The number of anilines is 1. The van der Waals surface area contributed by atoms with E-state index in [9.17, 15) is 4.79 Å². The fraction of sp³-hybridized carbons (Fsp3) is 0.591. The van der Waals surface area contributed by atoms with Gasteiger partial charge in [-0.2, -0.15) is 0 Å². The summed E-state index contributed by atoms with van der Waals surface area (Å²) in [6.45, 7) is 7.64. The minimum atomic E-state index is -0.462. The number of aromatic nitrogens is 2. The smallest absolute Gasteiger partial charge is 0.410 e. The molecule has 7 nitrogen and oxygen atoms in total. The second-order valence-electron chi connectivity index (χ2n) is 9.01. The molecule has 2 aliphatic rings. The van der Waals surface area contributed by atoms with E-state index < -0.39 is 5.60 Å². The van der Waals surface area contributed by atoms with Gasteiger partial charge < -0.3 is 19.7 Å². The highest BCUT2D eigenvalue weighted by Crippen LogP contribution is 2.31. The van der Waals surface area contributed by atoms with Gasteiger partial charge in [-0.1, -0.05) is 12.1 Å². The number of nitrogens with one attached hydrogen (secondary N) is 1. The first-order chi connectivity index (χ1) is 13.9. The molecule has 1 aromatic carbocycles. The monoisotopic (exact) mass is 398 g/mol. The fourth-order valence-electron chi connectivity index (χ4n) is 3.41. The van der Waals surface area contributed by atoms with Crippen molar-refractivity contribution in [2.75, 3.05) is 25.0 Å². The van der Waals surface area contributed by atoms with Gasteiger partial charge in [-0.05, 0) is 64.5 Å². The van der Waals surface area contributed by atoms with Crippen LogP contribution in [0, 0.1) is 5.92 Å². The lowest BCUT2D eigenvalue weighted by Gasteiger charge is -2.33. The van der Waals surface area contributed by atoms with Crippen molar-refractivity contribution in [3.05, 3.63) is 24.3 Å². The van der Waals surface area contributed by atoms with E-state index >= 15 is 0 Å². The average Bonchev–Trinajstić information content (AvgIpc) is 3.49. The summed E-state index contributed by atoms with van der Waals surface area (Å²) in [5.41, 5.74) is 1.24. The van der Waals surface area contributed by atoms with E-state index in [4.69, 9.17) is 19.4 Å². The van der Waals surface area contributed by atoms with Gasteiger partial charge in [0.25, 0.3) is 5.88 Å². The molecule has 1 aromatic heterocycles. The summed E-state index contributed by atoms with van der Waals surface area (Å²) in [4.78, 5) is 23.4. The Labute approximate surface area is 171 Å². The topological polar surface area (TPSA) is 76.6 Å². The van der Waals surface area contributed by atoms with Crippen LogP contribution in [0.1, 0.15) is 46.5 Å². The van der Waals surface area contributed by atoms with Crippen LogP contribution < -0.4 is 10.1 Å². The molecule has 2 heterocycles. The normalized spacial score (nSPS) is 18.0. The number of para-hydroxylation sites is 2. The van der Waals surface area contributed by atoms with Crippen LogP contribution in [0.3, 0.4) is 0 Å². The first-order valence-electron chi connectivity index (χ1n) is 10.5. The van der Waals surface area contributed by atoms with Crippen molar-refractivity contribution in [2.24, 2.45) is 5.92 Å². The van der Waals surface area contributed by atoms with Crippen molar-refractivity contribution >= 4 is 22.9 Å². The second kappa shape index (κ2) is 8.05. The Hall–Kier alpha value is -2.57. The van der Waals surface area contributed by atoms with Gasteiger partial charge in [0.1, 0.15) is 5.60 Å². The van der Waals surface area contributed by atoms with Crippen LogP contribution in [0.25, 0.3) is 11.0 Å². The highest BCUT2D eigenvalue weighted by Gasteiger charge is 2.28. The number of hydrogen-bond donors (Lipinski definition) is 1. The molecule has 0 spiro atoms. The maximum Gasteiger partial charge on any atom is 0.410 e. The largest absolute Gasteiger partial charge is 0.475 e. The van der Waals surface area contributed by atoms with Crippen LogP contribution in [0.4, 0.5) is 10.6 Å². The van der Waals surface area contributed by atoms with Crippen LogP contribution in [-0.2, 0) is 4.74 Å². The van der Waals surface area contributed by atoms with Gasteiger partial charge in [0.05, 0.1) is 17.6 Å². The number of benzene rings is 1. The zero-order valence-electron chi connectivity index (χ0n) is 17.5. The molecular formula is C22H30N4O3. The molecule has 156 valence electrons. The first kappa shape index (κ1) is 19.7. The van der Waals surface area contributed by atoms with Gasteiger partial charge in [0.2, 0.25) is 0 Å². The summed E-state index contributed by atoms with van der Waals surface area (Å²) in [5.74, 6) is 1.69. The van der Waals surface area contributed by atoms with E-state index in [1.165, 1.54) is 0 Å². The molecule has 2 fully saturated rings. The molecule has 0 radical (unpaired) electrons. The molecule has 1 N–H and O–H groups in total. The Balaban J connectivity index is 1.35. The zero-order chi connectivity index (χ0) is 20.4. The van der Waals surface area contributed by atoms with Gasteiger partial charge >= 0.3 is 6.09 Å². The van der Waals surface area contributed by atoms with Crippen molar-refractivity contribution in [1.29, 1.82) is 0 Å². The SMILES string of the molecule is CC(C)(C)OC(=O)N1CCC(COc2nc3ccccc3nc2NC2CC2)CC1. The highest BCUT2D eigenvalue weighted by molar-refractivity contribution is 5.77. The summed E-state index contributed by atoms with van der Waals surface area (Å²) in [6, 6.07) is 8.33. The van der Waals surface area contributed by atoms with Crippen molar-refractivity contribution < 1.29 is 14.3 Å². The van der Waals surface area contributed by atoms with Crippen molar-refractivity contribution in [3.8, 4) is 5.88 Å². The summed E-state index contributed by atoms with van der Waals surface area (Å²) in [6.07, 6.45) is 3.89. The molecule has 2 aromatic rings. The van der Waals surface area contributed by atoms with E-state index in [0.717, 1.165) is 42.5 Å². The molecule has 1 amide bonds. The van der Waals surface area contributed by atoms with Crippen molar-refractivity contribution in [3.63, 3.8) is 0 Å². The third kappa shape index (κ3) is 5.28. The summed E-state index contributed by atoms with van der Waals surface area (Å²) < 4.78 is 11.6. The Morgan fingerprint density at radius 2 is 1.76 bits per heavy atom. The summed E-state index contributed by atoms with van der Waals surface area (Å²) in [5, 5.41) is 3.44. The molecule has 0 unspecified atom stereocenters. The Morgan fingerprint density at radius 3 is 2.38 bits per heavy atom. The van der Waals surface area contributed by atoms with E-state index in [2.05, 4.69) is 5.32 Å². The summed E-state index contributed by atoms with van der Waals surface area (Å²) >= 11 is 0. The van der Waals surface area contributed by atoms with Crippen LogP contribution in [0.5, 0.6) is 5.88 Å². The number of piperidine rings is 1. The maximum absolute atomic E-state index is 12.2. The van der Waals surface area contributed by atoms with E-state index in [0.29, 0.717) is 37.5 Å². The predicted molar refractivity (Wildman–Crippen MR) is 112 cm³/mol. The van der Waals surface area contributed by atoms with E-state index in [1.807, 2.05) is 45.0 Å². The van der Waals surface area contributed by atoms with Crippen LogP contribution in [-0.4, -0.2) is 52.3 Å². The minimum Gasteiger partial charge on any atom is -0.475 e. The van der Waals surface area contributed by atoms with Gasteiger partial charge in [0.15, 0.2) is 5.82 Å². The van der Waals surface area contributed by atoms with Crippen LogP contribution in [0.15, 0.2) is 24.3 Å². The number of ether oxygens (including phenoxy) is 2. The molecule has 29 heavy (non-hydrogen) atoms. The molecule has 0 bridgehead atoms. The number of hydrogen-bond acceptors (Lipinski definition) is 6. The lowest BCUT2D eigenvalue weighted by atomic mass is 9.98. The molecule has 1 aliphatic carbocycles.